The van der Waals surface area contributed by atoms with Crippen LogP contribution in [-0.2, 0) is 0 Å². The molecular formula is C13H17NO2. The van der Waals surface area contributed by atoms with Crippen LogP contribution in [0.2, 0.25) is 0 Å². The summed E-state index contributed by atoms with van der Waals surface area (Å²) in [5.74, 6) is -0.0912. The second kappa shape index (κ2) is 5.12. The maximum absolute atomic E-state index is 11.8. The molecule has 3 heteroatoms. The standard InChI is InChI=1S/C13H17NO2/c15-12-9-5-4-8-11(12)14-13(16)10-6-2-1-3-7-10/h1-3,6-7,11-12,15H,4-5,8-9H2,(H,14,16)/t11-,12-/m0/s1. The van der Waals surface area contributed by atoms with Crippen LogP contribution in [0.4, 0.5) is 0 Å². The van der Waals surface area contributed by atoms with Crippen molar-refractivity contribution in [2.45, 2.75) is 37.8 Å². The molecule has 0 radical (unpaired) electrons. The summed E-state index contributed by atoms with van der Waals surface area (Å²) in [5, 5.41) is 12.6. The fraction of sp³-hybridized carbons (Fsp3) is 0.462. The molecule has 0 spiro atoms. The van der Waals surface area contributed by atoms with E-state index in [4.69, 9.17) is 0 Å². The largest absolute Gasteiger partial charge is 0.391 e. The van der Waals surface area contributed by atoms with Gasteiger partial charge in [-0.05, 0) is 25.0 Å². The predicted octanol–water partition coefficient (Wildman–Crippen LogP) is 1.72. The number of amides is 1. The smallest absolute Gasteiger partial charge is 0.251 e. The highest BCUT2D eigenvalue weighted by atomic mass is 16.3. The number of aliphatic hydroxyl groups excluding tert-OH is 1. The Morgan fingerprint density at radius 3 is 2.56 bits per heavy atom. The monoisotopic (exact) mass is 219 g/mol. The summed E-state index contributed by atoms with van der Waals surface area (Å²) < 4.78 is 0. The summed E-state index contributed by atoms with van der Waals surface area (Å²) in [4.78, 5) is 11.8. The van der Waals surface area contributed by atoms with Crippen LogP contribution in [0.15, 0.2) is 30.3 Å². The first-order chi connectivity index (χ1) is 7.77. The number of rotatable bonds is 2. The van der Waals surface area contributed by atoms with Crippen LogP contribution in [0.3, 0.4) is 0 Å². The van der Waals surface area contributed by atoms with Crippen LogP contribution >= 0.6 is 0 Å². The number of carbonyl (C=O) groups excluding carboxylic acids is 1. The molecule has 0 aliphatic heterocycles. The molecule has 1 aliphatic carbocycles. The third kappa shape index (κ3) is 2.61. The lowest BCUT2D eigenvalue weighted by Crippen LogP contribution is -2.45. The van der Waals surface area contributed by atoms with Gasteiger partial charge in [0.1, 0.15) is 0 Å². The van der Waals surface area contributed by atoms with Crippen molar-refractivity contribution in [3.05, 3.63) is 35.9 Å². The van der Waals surface area contributed by atoms with Crippen LogP contribution in [0, 0.1) is 0 Å². The molecule has 2 rings (SSSR count). The zero-order valence-corrected chi connectivity index (χ0v) is 9.23. The Morgan fingerprint density at radius 1 is 1.19 bits per heavy atom. The SMILES string of the molecule is O=C(N[C@H]1CCCC[C@@H]1O)c1ccccc1. The van der Waals surface area contributed by atoms with Crippen molar-refractivity contribution in [2.24, 2.45) is 0 Å². The van der Waals surface area contributed by atoms with Crippen molar-refractivity contribution in [3.8, 4) is 0 Å². The molecule has 0 heterocycles. The fourth-order valence-corrected chi connectivity index (χ4v) is 2.12. The van der Waals surface area contributed by atoms with E-state index in [9.17, 15) is 9.90 Å². The Hall–Kier alpha value is -1.35. The van der Waals surface area contributed by atoms with E-state index in [0.29, 0.717) is 5.56 Å². The molecule has 86 valence electrons. The van der Waals surface area contributed by atoms with Gasteiger partial charge in [-0.25, -0.2) is 0 Å². The Bertz CT molecular complexity index is 350. The minimum Gasteiger partial charge on any atom is -0.391 e. The molecule has 1 aliphatic rings. The lowest BCUT2D eigenvalue weighted by molar-refractivity contribution is 0.0717. The first-order valence-corrected chi connectivity index (χ1v) is 5.81. The van der Waals surface area contributed by atoms with E-state index in [1.54, 1.807) is 12.1 Å². The zero-order valence-electron chi connectivity index (χ0n) is 9.23. The number of benzene rings is 1. The molecule has 0 bridgehead atoms. The molecule has 1 amide bonds. The highest BCUT2D eigenvalue weighted by Gasteiger charge is 2.24. The van der Waals surface area contributed by atoms with Crippen LogP contribution in [0.25, 0.3) is 0 Å². The summed E-state index contributed by atoms with van der Waals surface area (Å²) in [6, 6.07) is 9.04. The van der Waals surface area contributed by atoms with Gasteiger partial charge in [-0.3, -0.25) is 4.79 Å². The molecule has 16 heavy (non-hydrogen) atoms. The van der Waals surface area contributed by atoms with E-state index in [-0.39, 0.29) is 18.1 Å². The van der Waals surface area contributed by atoms with Crippen molar-refractivity contribution >= 4 is 5.91 Å². The summed E-state index contributed by atoms with van der Waals surface area (Å²) >= 11 is 0. The van der Waals surface area contributed by atoms with Crippen molar-refractivity contribution < 1.29 is 9.90 Å². The Morgan fingerprint density at radius 2 is 1.88 bits per heavy atom. The summed E-state index contributed by atoms with van der Waals surface area (Å²) in [6.45, 7) is 0. The second-order valence-corrected chi connectivity index (χ2v) is 4.30. The Kier molecular flexibility index (Phi) is 3.57. The second-order valence-electron chi connectivity index (χ2n) is 4.30. The highest BCUT2D eigenvalue weighted by molar-refractivity contribution is 5.94. The van der Waals surface area contributed by atoms with Gasteiger partial charge in [0.05, 0.1) is 12.1 Å². The predicted molar refractivity (Wildman–Crippen MR) is 62.2 cm³/mol. The average molecular weight is 219 g/mol. The van der Waals surface area contributed by atoms with Crippen LogP contribution < -0.4 is 5.32 Å². The van der Waals surface area contributed by atoms with Gasteiger partial charge in [-0.2, -0.15) is 0 Å². The third-order valence-electron chi connectivity index (χ3n) is 3.08. The van der Waals surface area contributed by atoms with Gasteiger partial charge in [0, 0.05) is 5.56 Å². The number of carbonyl (C=O) groups is 1. The first kappa shape index (κ1) is 11.1. The number of nitrogens with one attached hydrogen (secondary N) is 1. The first-order valence-electron chi connectivity index (χ1n) is 5.81. The molecule has 3 nitrogen and oxygen atoms in total. The molecule has 0 aromatic heterocycles. The minimum atomic E-state index is -0.388. The number of hydrogen-bond acceptors (Lipinski definition) is 2. The highest BCUT2D eigenvalue weighted by Crippen LogP contribution is 2.18. The minimum absolute atomic E-state index is 0.0820. The average Bonchev–Trinajstić information content (AvgIpc) is 2.33. The summed E-state index contributed by atoms with van der Waals surface area (Å²) in [7, 11) is 0. The topological polar surface area (TPSA) is 49.3 Å². The van der Waals surface area contributed by atoms with Gasteiger partial charge in [0.15, 0.2) is 0 Å². The van der Waals surface area contributed by atoms with Crippen molar-refractivity contribution in [1.29, 1.82) is 0 Å². The van der Waals surface area contributed by atoms with Crippen molar-refractivity contribution in [2.75, 3.05) is 0 Å². The molecular weight excluding hydrogens is 202 g/mol. The lowest BCUT2D eigenvalue weighted by Gasteiger charge is -2.28. The van der Waals surface area contributed by atoms with Gasteiger partial charge in [0.25, 0.3) is 5.91 Å². The normalized spacial score (nSPS) is 25.1. The molecule has 2 atom stereocenters. The lowest BCUT2D eigenvalue weighted by atomic mass is 9.92. The maximum atomic E-state index is 11.8. The van der Waals surface area contributed by atoms with E-state index >= 15 is 0 Å². The molecule has 1 aromatic rings. The van der Waals surface area contributed by atoms with Crippen LogP contribution in [-0.4, -0.2) is 23.2 Å². The molecule has 1 aromatic carbocycles. The third-order valence-corrected chi connectivity index (χ3v) is 3.08. The molecule has 0 unspecified atom stereocenters. The number of hydrogen-bond donors (Lipinski definition) is 2. The van der Waals surface area contributed by atoms with Crippen LogP contribution in [0.1, 0.15) is 36.0 Å². The molecule has 1 fully saturated rings. The summed E-state index contributed by atoms with van der Waals surface area (Å²) in [5.41, 5.74) is 0.653. The van der Waals surface area contributed by atoms with Crippen molar-refractivity contribution in [3.63, 3.8) is 0 Å². The van der Waals surface area contributed by atoms with E-state index in [2.05, 4.69) is 5.32 Å². The van der Waals surface area contributed by atoms with Crippen molar-refractivity contribution in [1.82, 2.24) is 5.32 Å². The Balaban J connectivity index is 1.96. The molecule has 2 N–H and O–H groups in total. The van der Waals surface area contributed by atoms with E-state index in [1.807, 2.05) is 18.2 Å². The van der Waals surface area contributed by atoms with E-state index in [0.717, 1.165) is 25.7 Å². The quantitative estimate of drug-likeness (QED) is 0.795. The molecule has 0 saturated heterocycles. The van der Waals surface area contributed by atoms with Crippen LogP contribution in [0.5, 0.6) is 0 Å². The van der Waals surface area contributed by atoms with Gasteiger partial charge < -0.3 is 10.4 Å². The van der Waals surface area contributed by atoms with Gasteiger partial charge in [-0.15, -0.1) is 0 Å². The van der Waals surface area contributed by atoms with E-state index < -0.39 is 0 Å². The zero-order chi connectivity index (χ0) is 11.4. The number of aliphatic hydroxyl groups is 1. The Labute approximate surface area is 95.5 Å². The van der Waals surface area contributed by atoms with Gasteiger partial charge in [0.2, 0.25) is 0 Å². The maximum Gasteiger partial charge on any atom is 0.251 e. The van der Waals surface area contributed by atoms with Gasteiger partial charge >= 0.3 is 0 Å². The van der Waals surface area contributed by atoms with E-state index in [1.165, 1.54) is 0 Å². The molecule has 1 saturated carbocycles. The van der Waals surface area contributed by atoms with Gasteiger partial charge in [-0.1, -0.05) is 31.0 Å². The fourth-order valence-electron chi connectivity index (χ4n) is 2.12. The summed E-state index contributed by atoms with van der Waals surface area (Å²) in [6.07, 6.45) is 3.41.